The molecule has 10 heteroatoms. The third-order valence-corrected chi connectivity index (χ3v) is 5.72. The molecule has 0 bridgehead atoms. The lowest BCUT2D eigenvalue weighted by Gasteiger charge is -2.16. The molecule has 2 heterocycles. The van der Waals surface area contributed by atoms with Crippen LogP contribution in [0.1, 0.15) is 28.9 Å². The number of rotatable bonds is 9. The number of nitrogen functional groups attached to an aromatic ring is 1. The van der Waals surface area contributed by atoms with Gasteiger partial charge in [-0.3, -0.25) is 9.78 Å². The van der Waals surface area contributed by atoms with Crippen LogP contribution in [0, 0.1) is 12.7 Å². The topological polar surface area (TPSA) is 100 Å². The van der Waals surface area contributed by atoms with E-state index < -0.39 is 17.9 Å². The number of anilines is 1. The largest absolute Gasteiger partial charge is 0.477 e. The molecule has 0 unspecified atom stereocenters. The number of aromatic nitrogens is 3. The molecule has 4 rings (SSSR count). The summed E-state index contributed by atoms with van der Waals surface area (Å²) in [5.74, 6) is -0.750. The first-order valence-corrected chi connectivity index (χ1v) is 11.7. The minimum atomic E-state index is -2.79. The number of ether oxygens (including phenoxy) is 2. The highest BCUT2D eigenvalue weighted by Crippen LogP contribution is 2.39. The van der Waals surface area contributed by atoms with Gasteiger partial charge in [0.2, 0.25) is 11.8 Å². The summed E-state index contributed by atoms with van der Waals surface area (Å²) in [4.78, 5) is 24.0. The lowest BCUT2D eigenvalue weighted by Crippen LogP contribution is -2.09. The second kappa shape index (κ2) is 11.7. The molecule has 0 spiro atoms. The van der Waals surface area contributed by atoms with Gasteiger partial charge in [-0.25, -0.2) is 18.2 Å². The van der Waals surface area contributed by atoms with E-state index in [4.69, 9.17) is 10.5 Å². The number of aryl methyl sites for hydroxylation is 1. The van der Waals surface area contributed by atoms with Crippen LogP contribution < -0.4 is 10.5 Å². The summed E-state index contributed by atoms with van der Waals surface area (Å²) >= 11 is 0. The van der Waals surface area contributed by atoms with E-state index in [-0.39, 0.29) is 30.8 Å². The van der Waals surface area contributed by atoms with Crippen molar-refractivity contribution in [2.45, 2.75) is 26.2 Å². The Balaban J connectivity index is 1.68. The van der Waals surface area contributed by atoms with Gasteiger partial charge in [0.25, 0.3) is 6.43 Å². The van der Waals surface area contributed by atoms with Crippen LogP contribution in [-0.2, 0) is 22.4 Å². The third-order valence-electron chi connectivity index (χ3n) is 5.72. The van der Waals surface area contributed by atoms with Crippen molar-refractivity contribution in [1.82, 2.24) is 15.0 Å². The predicted molar refractivity (Wildman–Crippen MR) is 136 cm³/mol. The summed E-state index contributed by atoms with van der Waals surface area (Å²) in [6.45, 7) is 1.80. The van der Waals surface area contributed by atoms with Crippen LogP contribution in [0.4, 0.5) is 19.1 Å². The van der Waals surface area contributed by atoms with E-state index in [1.165, 1.54) is 37.4 Å². The van der Waals surface area contributed by atoms with Crippen molar-refractivity contribution in [2.75, 3.05) is 19.5 Å². The second-order valence-corrected chi connectivity index (χ2v) is 8.51. The van der Waals surface area contributed by atoms with Crippen LogP contribution in [0.5, 0.6) is 5.88 Å². The van der Waals surface area contributed by atoms with E-state index in [1.807, 2.05) is 24.3 Å². The lowest BCUT2D eigenvalue weighted by molar-refractivity contribution is -0.139. The molecule has 2 aromatic heterocycles. The molecule has 0 aliphatic carbocycles. The molecule has 196 valence electrons. The van der Waals surface area contributed by atoms with Crippen molar-refractivity contribution in [3.63, 3.8) is 0 Å². The molecule has 0 radical (unpaired) electrons. The molecule has 2 N–H and O–H groups in total. The zero-order chi connectivity index (χ0) is 27.2. The van der Waals surface area contributed by atoms with Crippen molar-refractivity contribution >= 4 is 11.9 Å². The maximum Gasteiger partial charge on any atom is 0.309 e. The number of carbonyl (C=O) groups excluding carboxylic acids is 1. The van der Waals surface area contributed by atoms with Gasteiger partial charge in [0.05, 0.1) is 31.4 Å². The van der Waals surface area contributed by atoms with E-state index in [1.54, 1.807) is 13.0 Å². The molecule has 0 aliphatic rings. The minimum Gasteiger partial charge on any atom is -0.477 e. The normalized spacial score (nSPS) is 11.0. The van der Waals surface area contributed by atoms with Crippen LogP contribution in [0.15, 0.2) is 60.7 Å². The van der Waals surface area contributed by atoms with Gasteiger partial charge in [-0.2, -0.15) is 4.98 Å². The highest BCUT2D eigenvalue weighted by atomic mass is 19.3. The van der Waals surface area contributed by atoms with E-state index in [9.17, 15) is 18.0 Å². The van der Waals surface area contributed by atoms with Gasteiger partial charge in [0, 0.05) is 17.7 Å². The first-order chi connectivity index (χ1) is 18.2. The number of benzene rings is 2. The maximum absolute atomic E-state index is 13.6. The number of esters is 1. The number of halogens is 3. The molecular formula is C28H25F3N4O3. The summed E-state index contributed by atoms with van der Waals surface area (Å²) in [6.07, 6.45) is -2.12. The van der Waals surface area contributed by atoms with Gasteiger partial charge in [-0.15, -0.1) is 0 Å². The van der Waals surface area contributed by atoms with Gasteiger partial charge in [0.1, 0.15) is 11.5 Å². The fourth-order valence-electron chi connectivity index (χ4n) is 3.92. The number of hydrogen-bond acceptors (Lipinski definition) is 7. The average molecular weight is 523 g/mol. The summed E-state index contributed by atoms with van der Waals surface area (Å²) < 4.78 is 51.5. The Labute approximate surface area is 217 Å². The summed E-state index contributed by atoms with van der Waals surface area (Å²) in [7, 11) is 1.34. The average Bonchev–Trinajstić information content (AvgIpc) is 2.89. The van der Waals surface area contributed by atoms with Crippen LogP contribution in [0.2, 0.25) is 0 Å². The lowest BCUT2D eigenvalue weighted by atomic mass is 9.99. The summed E-state index contributed by atoms with van der Waals surface area (Å²) in [6, 6.07) is 15.9. The standard InChI is InChI=1S/C28H25F3N4O3/c1-16-13-20(15-22(33-16)26(30)31)24-25(19-7-9-21(29)10-8-19)34-28(32)35-27(24)38-12-11-17-3-5-18(6-4-17)14-23(36)37-2/h3-10,13,15,26H,11-12,14H2,1-2H3,(H2,32,34,35). The summed E-state index contributed by atoms with van der Waals surface area (Å²) in [5.41, 5.74) is 9.25. The predicted octanol–water partition coefficient (Wildman–Crippen LogP) is 5.51. The van der Waals surface area contributed by atoms with E-state index in [0.717, 1.165) is 11.1 Å². The molecule has 0 saturated carbocycles. The molecule has 38 heavy (non-hydrogen) atoms. The Morgan fingerprint density at radius 2 is 1.63 bits per heavy atom. The molecule has 0 saturated heterocycles. The number of alkyl halides is 2. The highest BCUT2D eigenvalue weighted by Gasteiger charge is 2.21. The van der Waals surface area contributed by atoms with Crippen LogP contribution in [-0.4, -0.2) is 34.6 Å². The van der Waals surface area contributed by atoms with Gasteiger partial charge in [-0.05, 0) is 60.0 Å². The van der Waals surface area contributed by atoms with E-state index in [0.29, 0.717) is 34.5 Å². The molecule has 0 fully saturated rings. The number of hydrogen-bond donors (Lipinski definition) is 1. The summed E-state index contributed by atoms with van der Waals surface area (Å²) in [5, 5.41) is 0. The zero-order valence-electron chi connectivity index (χ0n) is 20.7. The maximum atomic E-state index is 13.6. The molecule has 0 aliphatic heterocycles. The number of nitrogens with two attached hydrogens (primary N) is 1. The van der Waals surface area contributed by atoms with E-state index in [2.05, 4.69) is 19.7 Å². The smallest absolute Gasteiger partial charge is 0.309 e. The zero-order valence-corrected chi connectivity index (χ0v) is 20.7. The third kappa shape index (κ3) is 6.44. The number of pyridine rings is 1. The fraction of sp³-hybridized carbons (Fsp3) is 0.214. The van der Waals surface area contributed by atoms with Gasteiger partial charge < -0.3 is 15.2 Å². The number of carbonyl (C=O) groups is 1. The first-order valence-electron chi connectivity index (χ1n) is 11.7. The van der Waals surface area contributed by atoms with Gasteiger partial charge in [-0.1, -0.05) is 24.3 Å². The quantitative estimate of drug-likeness (QED) is 0.289. The Morgan fingerprint density at radius 1 is 0.947 bits per heavy atom. The fourth-order valence-corrected chi connectivity index (χ4v) is 3.92. The van der Waals surface area contributed by atoms with Crippen molar-refractivity contribution in [1.29, 1.82) is 0 Å². The molecular weight excluding hydrogens is 497 g/mol. The van der Waals surface area contributed by atoms with Crippen molar-refractivity contribution < 1.29 is 27.4 Å². The minimum absolute atomic E-state index is 0.0879. The Kier molecular flexibility index (Phi) is 8.20. The first kappa shape index (κ1) is 26.6. The SMILES string of the molecule is COC(=O)Cc1ccc(CCOc2nc(N)nc(-c3ccc(F)cc3)c2-c2cc(C)nc(C(F)F)c2)cc1. The Morgan fingerprint density at radius 3 is 2.29 bits per heavy atom. The molecule has 0 atom stereocenters. The van der Waals surface area contributed by atoms with Crippen molar-refractivity contribution in [2.24, 2.45) is 0 Å². The molecule has 2 aromatic carbocycles. The molecule has 4 aromatic rings. The van der Waals surface area contributed by atoms with Crippen LogP contribution in [0.3, 0.4) is 0 Å². The van der Waals surface area contributed by atoms with Crippen molar-refractivity contribution in [3.05, 3.63) is 89.0 Å². The number of nitrogens with zero attached hydrogens (tertiary/aromatic N) is 3. The Bertz CT molecular complexity index is 1430. The molecule has 7 nitrogen and oxygen atoms in total. The van der Waals surface area contributed by atoms with Gasteiger partial charge in [0.15, 0.2) is 0 Å². The monoisotopic (exact) mass is 522 g/mol. The van der Waals surface area contributed by atoms with Crippen molar-refractivity contribution in [3.8, 4) is 28.3 Å². The Hall–Kier alpha value is -4.47. The van der Waals surface area contributed by atoms with Crippen LogP contribution in [0.25, 0.3) is 22.4 Å². The second-order valence-electron chi connectivity index (χ2n) is 8.51. The van der Waals surface area contributed by atoms with Gasteiger partial charge >= 0.3 is 5.97 Å². The molecule has 0 amide bonds. The van der Waals surface area contributed by atoms with E-state index >= 15 is 0 Å². The van der Waals surface area contributed by atoms with Crippen LogP contribution >= 0.6 is 0 Å². The highest BCUT2D eigenvalue weighted by molar-refractivity contribution is 5.85. The number of methoxy groups -OCH3 is 1.